The van der Waals surface area contributed by atoms with E-state index in [2.05, 4.69) is 17.6 Å². The van der Waals surface area contributed by atoms with E-state index < -0.39 is 0 Å². The Morgan fingerprint density at radius 3 is 2.50 bits per heavy atom. The van der Waals surface area contributed by atoms with Crippen LogP contribution in [0.3, 0.4) is 0 Å². The lowest BCUT2D eigenvalue weighted by molar-refractivity contribution is -0.124. The van der Waals surface area contributed by atoms with Crippen molar-refractivity contribution in [2.24, 2.45) is 5.92 Å². The summed E-state index contributed by atoms with van der Waals surface area (Å²) in [6, 6.07) is -0.293. The van der Waals surface area contributed by atoms with Crippen molar-refractivity contribution in [2.45, 2.75) is 57.9 Å². The molecule has 1 aliphatic carbocycles. The fraction of sp³-hybridized carbons (Fsp3) is 0.857. The molecule has 0 aromatic rings. The standard InChI is InChI=1S/C14H26N2O2/c1-2-9-15-10-14(18)16-13(11-17)12-7-5-3-4-6-8-12/h11-13,15H,2-10H2,1H3,(H,16,18)/t13-/m1/s1. The lowest BCUT2D eigenvalue weighted by atomic mass is 9.92. The molecule has 2 N–H and O–H groups in total. The van der Waals surface area contributed by atoms with Crippen LogP contribution in [0.15, 0.2) is 0 Å². The number of amides is 1. The maximum Gasteiger partial charge on any atom is 0.234 e. The van der Waals surface area contributed by atoms with Gasteiger partial charge in [-0.25, -0.2) is 0 Å². The minimum Gasteiger partial charge on any atom is -0.345 e. The maximum absolute atomic E-state index is 11.7. The van der Waals surface area contributed by atoms with Crippen molar-refractivity contribution in [2.75, 3.05) is 13.1 Å². The number of nitrogens with one attached hydrogen (secondary N) is 2. The summed E-state index contributed by atoms with van der Waals surface area (Å²) in [6.45, 7) is 3.21. The number of rotatable bonds is 7. The number of carbonyl (C=O) groups is 2. The third-order valence-electron chi connectivity index (χ3n) is 3.59. The molecule has 1 rings (SSSR count). The zero-order chi connectivity index (χ0) is 13.2. The Bertz CT molecular complexity index is 248. The molecule has 0 aromatic carbocycles. The molecule has 0 saturated heterocycles. The molecule has 1 amide bonds. The van der Waals surface area contributed by atoms with E-state index in [1.807, 2.05) is 0 Å². The first-order valence-corrected chi connectivity index (χ1v) is 7.23. The second-order valence-corrected chi connectivity index (χ2v) is 5.16. The molecule has 0 bridgehead atoms. The van der Waals surface area contributed by atoms with Gasteiger partial charge in [-0.1, -0.05) is 32.6 Å². The smallest absolute Gasteiger partial charge is 0.234 e. The molecule has 1 saturated carbocycles. The zero-order valence-electron chi connectivity index (χ0n) is 11.4. The number of hydrogen-bond acceptors (Lipinski definition) is 3. The highest BCUT2D eigenvalue weighted by Gasteiger charge is 2.23. The molecule has 4 nitrogen and oxygen atoms in total. The van der Waals surface area contributed by atoms with Crippen molar-refractivity contribution in [1.82, 2.24) is 10.6 Å². The normalized spacial score (nSPS) is 18.9. The van der Waals surface area contributed by atoms with Crippen molar-refractivity contribution in [1.29, 1.82) is 0 Å². The quantitative estimate of drug-likeness (QED) is 0.412. The van der Waals surface area contributed by atoms with Gasteiger partial charge >= 0.3 is 0 Å². The van der Waals surface area contributed by atoms with Crippen LogP contribution in [-0.4, -0.2) is 31.3 Å². The number of hydrogen-bond donors (Lipinski definition) is 2. The molecular weight excluding hydrogens is 228 g/mol. The minimum absolute atomic E-state index is 0.0650. The topological polar surface area (TPSA) is 58.2 Å². The van der Waals surface area contributed by atoms with E-state index in [9.17, 15) is 9.59 Å². The molecule has 4 heteroatoms. The fourth-order valence-corrected chi connectivity index (χ4v) is 2.55. The second kappa shape index (κ2) is 9.09. The first-order valence-electron chi connectivity index (χ1n) is 7.23. The molecule has 1 fully saturated rings. The average molecular weight is 254 g/mol. The van der Waals surface area contributed by atoms with E-state index in [1.54, 1.807) is 0 Å². The van der Waals surface area contributed by atoms with Crippen molar-refractivity contribution < 1.29 is 9.59 Å². The fourth-order valence-electron chi connectivity index (χ4n) is 2.55. The Morgan fingerprint density at radius 1 is 1.28 bits per heavy atom. The summed E-state index contributed by atoms with van der Waals surface area (Å²) < 4.78 is 0. The van der Waals surface area contributed by atoms with Crippen LogP contribution in [0.5, 0.6) is 0 Å². The van der Waals surface area contributed by atoms with Gasteiger partial charge in [0.25, 0.3) is 0 Å². The SMILES string of the molecule is CCCNCC(=O)N[C@H](C=O)C1CCCCCC1. The van der Waals surface area contributed by atoms with Gasteiger partial charge in [0.05, 0.1) is 12.6 Å². The van der Waals surface area contributed by atoms with Crippen molar-refractivity contribution in [3.05, 3.63) is 0 Å². The Morgan fingerprint density at radius 2 is 1.94 bits per heavy atom. The average Bonchev–Trinajstić information content (AvgIpc) is 2.65. The third kappa shape index (κ3) is 5.63. The van der Waals surface area contributed by atoms with Gasteiger partial charge in [0.2, 0.25) is 5.91 Å². The largest absolute Gasteiger partial charge is 0.345 e. The summed E-state index contributed by atoms with van der Waals surface area (Å²) in [5, 5.41) is 5.91. The van der Waals surface area contributed by atoms with Gasteiger partial charge in [0.15, 0.2) is 0 Å². The summed E-state index contributed by atoms with van der Waals surface area (Å²) in [6.07, 6.45) is 8.92. The van der Waals surface area contributed by atoms with Crippen LogP contribution in [0.2, 0.25) is 0 Å². The van der Waals surface area contributed by atoms with E-state index >= 15 is 0 Å². The van der Waals surface area contributed by atoms with Crippen LogP contribution < -0.4 is 10.6 Å². The van der Waals surface area contributed by atoms with E-state index in [0.717, 1.165) is 32.1 Å². The van der Waals surface area contributed by atoms with E-state index in [0.29, 0.717) is 12.5 Å². The van der Waals surface area contributed by atoms with Crippen molar-refractivity contribution in [3.63, 3.8) is 0 Å². The zero-order valence-corrected chi connectivity index (χ0v) is 11.4. The van der Waals surface area contributed by atoms with E-state index in [1.165, 1.54) is 25.7 Å². The monoisotopic (exact) mass is 254 g/mol. The first-order chi connectivity index (χ1) is 8.77. The van der Waals surface area contributed by atoms with Crippen LogP contribution in [0.4, 0.5) is 0 Å². The summed E-state index contributed by atoms with van der Waals surface area (Å²) in [7, 11) is 0. The van der Waals surface area contributed by atoms with Gasteiger partial charge in [-0.05, 0) is 31.7 Å². The molecule has 0 heterocycles. The van der Waals surface area contributed by atoms with Crippen molar-refractivity contribution >= 4 is 12.2 Å². The number of aldehydes is 1. The lowest BCUT2D eigenvalue weighted by Gasteiger charge is -2.22. The molecule has 104 valence electrons. The van der Waals surface area contributed by atoms with Gasteiger partial charge in [-0.3, -0.25) is 4.79 Å². The highest BCUT2D eigenvalue weighted by molar-refractivity contribution is 5.81. The number of carbonyl (C=O) groups excluding carboxylic acids is 2. The first kappa shape index (κ1) is 15.2. The summed E-state index contributed by atoms with van der Waals surface area (Å²) >= 11 is 0. The van der Waals surface area contributed by atoms with E-state index in [4.69, 9.17) is 0 Å². The molecule has 1 atom stereocenters. The Balaban J connectivity index is 2.34. The predicted octanol–water partition coefficient (Wildman–Crippen LogP) is 1.64. The van der Waals surface area contributed by atoms with Crippen LogP contribution in [0.1, 0.15) is 51.9 Å². The molecule has 0 aromatic heterocycles. The Hall–Kier alpha value is -0.900. The summed E-state index contributed by atoms with van der Waals surface area (Å²) in [5.41, 5.74) is 0. The molecule has 18 heavy (non-hydrogen) atoms. The van der Waals surface area contributed by atoms with Crippen LogP contribution in [0, 0.1) is 5.92 Å². The minimum atomic E-state index is -0.293. The van der Waals surface area contributed by atoms with Crippen LogP contribution >= 0.6 is 0 Å². The molecule has 0 radical (unpaired) electrons. The molecular formula is C14H26N2O2. The highest BCUT2D eigenvalue weighted by Crippen LogP contribution is 2.24. The van der Waals surface area contributed by atoms with E-state index in [-0.39, 0.29) is 11.9 Å². The molecule has 0 unspecified atom stereocenters. The van der Waals surface area contributed by atoms with Gasteiger partial charge in [0.1, 0.15) is 6.29 Å². The summed E-state index contributed by atoms with van der Waals surface area (Å²) in [5.74, 6) is 0.268. The highest BCUT2D eigenvalue weighted by atomic mass is 16.2. The molecule has 0 aliphatic heterocycles. The van der Waals surface area contributed by atoms with Gasteiger partial charge in [0, 0.05) is 0 Å². The Kier molecular flexibility index (Phi) is 7.65. The van der Waals surface area contributed by atoms with Crippen LogP contribution in [-0.2, 0) is 9.59 Å². The van der Waals surface area contributed by atoms with Gasteiger partial charge in [-0.2, -0.15) is 0 Å². The summed E-state index contributed by atoms with van der Waals surface area (Å²) in [4.78, 5) is 22.8. The molecule has 0 spiro atoms. The van der Waals surface area contributed by atoms with Crippen molar-refractivity contribution in [3.8, 4) is 0 Å². The Labute approximate surface area is 110 Å². The van der Waals surface area contributed by atoms with Gasteiger partial charge in [-0.15, -0.1) is 0 Å². The van der Waals surface area contributed by atoms with Gasteiger partial charge < -0.3 is 15.4 Å². The van der Waals surface area contributed by atoms with Crippen LogP contribution in [0.25, 0.3) is 0 Å². The second-order valence-electron chi connectivity index (χ2n) is 5.16. The lowest BCUT2D eigenvalue weighted by Crippen LogP contribution is -2.45. The third-order valence-corrected chi connectivity index (χ3v) is 3.59. The maximum atomic E-state index is 11.7. The predicted molar refractivity (Wildman–Crippen MR) is 72.3 cm³/mol. The molecule has 1 aliphatic rings.